The van der Waals surface area contributed by atoms with E-state index in [-0.39, 0.29) is 10.6 Å². The van der Waals surface area contributed by atoms with Gasteiger partial charge in [-0.2, -0.15) is 0 Å². The number of anilines is 1. The number of nitro benzene ring substituents is 1. The van der Waals surface area contributed by atoms with E-state index >= 15 is 0 Å². The maximum atomic E-state index is 11.1. The zero-order chi connectivity index (χ0) is 18.4. The minimum Gasteiger partial charge on any atom is -0.321 e. The summed E-state index contributed by atoms with van der Waals surface area (Å²) < 4.78 is 0. The molecule has 0 heterocycles. The highest BCUT2D eigenvalue weighted by Crippen LogP contribution is 2.33. The van der Waals surface area contributed by atoms with Crippen molar-refractivity contribution in [3.63, 3.8) is 0 Å². The van der Waals surface area contributed by atoms with Crippen molar-refractivity contribution in [2.75, 3.05) is 5.43 Å². The van der Waals surface area contributed by atoms with Gasteiger partial charge in [-0.15, -0.1) is 0 Å². The molecule has 0 aliphatic carbocycles. The van der Waals surface area contributed by atoms with E-state index in [4.69, 9.17) is 11.6 Å². The van der Waals surface area contributed by atoms with Gasteiger partial charge >= 0.3 is 0 Å². The summed E-state index contributed by atoms with van der Waals surface area (Å²) in [6.07, 6.45) is 0. The standard InChI is InChI=1S/C19H16ClN3O2S/c20-15-6-9-18(10-7-15)26-19-11-8-17(23(24)25)12-14(19)13-21-22-16-4-2-1-3-5-16/h1-12,21-22H,13H2. The van der Waals surface area contributed by atoms with Crippen molar-refractivity contribution in [3.05, 3.63) is 93.5 Å². The van der Waals surface area contributed by atoms with Crippen LogP contribution in [0.3, 0.4) is 0 Å². The summed E-state index contributed by atoms with van der Waals surface area (Å²) in [6.45, 7) is 0.437. The fourth-order valence-electron chi connectivity index (χ4n) is 2.31. The first kappa shape index (κ1) is 18.3. The lowest BCUT2D eigenvalue weighted by molar-refractivity contribution is -0.385. The summed E-state index contributed by atoms with van der Waals surface area (Å²) in [6, 6.07) is 22.1. The summed E-state index contributed by atoms with van der Waals surface area (Å²) in [5.41, 5.74) is 8.03. The van der Waals surface area contributed by atoms with Gasteiger partial charge in [0.25, 0.3) is 5.69 Å². The van der Waals surface area contributed by atoms with Gasteiger partial charge in [-0.3, -0.25) is 10.1 Å². The molecule has 0 aromatic heterocycles. The summed E-state index contributed by atoms with van der Waals surface area (Å²) in [4.78, 5) is 12.7. The van der Waals surface area contributed by atoms with Crippen LogP contribution in [-0.2, 0) is 6.54 Å². The lowest BCUT2D eigenvalue weighted by atomic mass is 10.2. The first-order valence-electron chi connectivity index (χ1n) is 7.86. The Hall–Kier alpha value is -2.54. The highest BCUT2D eigenvalue weighted by atomic mass is 35.5. The first-order chi connectivity index (χ1) is 12.6. The van der Waals surface area contributed by atoms with Crippen LogP contribution in [0.5, 0.6) is 0 Å². The lowest BCUT2D eigenvalue weighted by Crippen LogP contribution is -2.21. The fraction of sp³-hybridized carbons (Fsp3) is 0.0526. The van der Waals surface area contributed by atoms with Crippen molar-refractivity contribution < 1.29 is 4.92 Å². The van der Waals surface area contributed by atoms with Gasteiger partial charge in [0.2, 0.25) is 0 Å². The molecule has 2 N–H and O–H groups in total. The Morgan fingerprint density at radius 3 is 2.42 bits per heavy atom. The molecule has 0 aliphatic rings. The van der Waals surface area contributed by atoms with Gasteiger partial charge in [0.05, 0.1) is 4.92 Å². The lowest BCUT2D eigenvalue weighted by Gasteiger charge is -2.12. The summed E-state index contributed by atoms with van der Waals surface area (Å²) >= 11 is 7.47. The summed E-state index contributed by atoms with van der Waals surface area (Å²) in [5, 5.41) is 11.8. The molecule has 0 fully saturated rings. The van der Waals surface area contributed by atoms with E-state index in [1.54, 1.807) is 23.9 Å². The molecule has 0 saturated carbocycles. The number of rotatable bonds is 7. The van der Waals surface area contributed by atoms with Gasteiger partial charge < -0.3 is 5.43 Å². The van der Waals surface area contributed by atoms with Gasteiger partial charge in [0.1, 0.15) is 0 Å². The van der Waals surface area contributed by atoms with Crippen LogP contribution in [-0.4, -0.2) is 4.92 Å². The molecule has 3 aromatic rings. The Morgan fingerprint density at radius 2 is 1.73 bits per heavy atom. The molecule has 0 bridgehead atoms. The van der Waals surface area contributed by atoms with E-state index in [9.17, 15) is 10.1 Å². The largest absolute Gasteiger partial charge is 0.321 e. The maximum Gasteiger partial charge on any atom is 0.269 e. The average Bonchev–Trinajstić information content (AvgIpc) is 2.65. The second-order valence-electron chi connectivity index (χ2n) is 5.45. The zero-order valence-corrected chi connectivity index (χ0v) is 15.3. The number of hydrogen-bond donors (Lipinski definition) is 2. The predicted molar refractivity (Wildman–Crippen MR) is 106 cm³/mol. The van der Waals surface area contributed by atoms with E-state index in [1.807, 2.05) is 54.6 Å². The number of halogens is 1. The maximum absolute atomic E-state index is 11.1. The van der Waals surface area contributed by atoms with Crippen molar-refractivity contribution in [1.82, 2.24) is 5.43 Å². The van der Waals surface area contributed by atoms with Crippen molar-refractivity contribution >= 4 is 34.7 Å². The van der Waals surface area contributed by atoms with Gasteiger partial charge in [-0.25, -0.2) is 5.43 Å². The fourth-order valence-corrected chi connectivity index (χ4v) is 3.36. The van der Waals surface area contributed by atoms with Crippen LogP contribution in [0.25, 0.3) is 0 Å². The number of nitrogens with zero attached hydrogens (tertiary/aromatic N) is 1. The van der Waals surface area contributed by atoms with E-state index in [0.29, 0.717) is 11.6 Å². The monoisotopic (exact) mass is 385 g/mol. The number of non-ortho nitro benzene ring substituents is 1. The molecular formula is C19H16ClN3O2S. The van der Waals surface area contributed by atoms with E-state index in [1.165, 1.54) is 6.07 Å². The smallest absolute Gasteiger partial charge is 0.269 e. The molecule has 0 atom stereocenters. The van der Waals surface area contributed by atoms with Gasteiger partial charge in [0.15, 0.2) is 0 Å². The molecule has 0 radical (unpaired) electrons. The van der Waals surface area contributed by atoms with Crippen molar-refractivity contribution in [1.29, 1.82) is 0 Å². The SMILES string of the molecule is O=[N+]([O-])c1ccc(Sc2ccc(Cl)cc2)c(CNNc2ccccc2)c1. The van der Waals surface area contributed by atoms with Crippen LogP contribution < -0.4 is 10.9 Å². The Morgan fingerprint density at radius 1 is 1.00 bits per heavy atom. The Bertz CT molecular complexity index is 889. The quantitative estimate of drug-likeness (QED) is 0.414. The zero-order valence-electron chi connectivity index (χ0n) is 13.7. The molecule has 132 valence electrons. The molecule has 3 rings (SSSR count). The Balaban J connectivity index is 1.77. The topological polar surface area (TPSA) is 67.2 Å². The number of nitro groups is 1. The highest BCUT2D eigenvalue weighted by molar-refractivity contribution is 7.99. The molecule has 0 saturated heterocycles. The molecule has 0 unspecified atom stereocenters. The van der Waals surface area contributed by atoms with Crippen LogP contribution >= 0.6 is 23.4 Å². The normalized spacial score (nSPS) is 10.5. The number of hydrazine groups is 1. The van der Waals surface area contributed by atoms with Gasteiger partial charge in [0, 0.05) is 39.2 Å². The molecule has 26 heavy (non-hydrogen) atoms. The minimum atomic E-state index is -0.384. The van der Waals surface area contributed by atoms with Crippen LogP contribution in [0, 0.1) is 10.1 Å². The Labute approximate surface area is 160 Å². The predicted octanol–water partition coefficient (Wildman–Crippen LogP) is 5.52. The molecule has 0 spiro atoms. The van der Waals surface area contributed by atoms with E-state index in [0.717, 1.165) is 21.0 Å². The molecule has 5 nitrogen and oxygen atoms in total. The van der Waals surface area contributed by atoms with E-state index < -0.39 is 0 Å². The average molecular weight is 386 g/mol. The minimum absolute atomic E-state index is 0.0713. The molecule has 3 aromatic carbocycles. The molecule has 0 amide bonds. The third-order valence-electron chi connectivity index (χ3n) is 3.58. The van der Waals surface area contributed by atoms with Gasteiger partial charge in [-0.1, -0.05) is 41.6 Å². The molecule has 7 heteroatoms. The third kappa shape index (κ3) is 4.98. The number of para-hydroxylation sites is 1. The van der Waals surface area contributed by atoms with Crippen LogP contribution in [0.4, 0.5) is 11.4 Å². The third-order valence-corrected chi connectivity index (χ3v) is 4.96. The first-order valence-corrected chi connectivity index (χ1v) is 9.06. The van der Waals surface area contributed by atoms with Gasteiger partial charge in [-0.05, 0) is 48.0 Å². The van der Waals surface area contributed by atoms with Crippen LogP contribution in [0.2, 0.25) is 5.02 Å². The van der Waals surface area contributed by atoms with Crippen molar-refractivity contribution in [2.24, 2.45) is 0 Å². The van der Waals surface area contributed by atoms with Crippen LogP contribution in [0.15, 0.2) is 82.6 Å². The summed E-state index contributed by atoms with van der Waals surface area (Å²) in [7, 11) is 0. The second-order valence-corrected chi connectivity index (χ2v) is 7.00. The van der Waals surface area contributed by atoms with Crippen LogP contribution in [0.1, 0.15) is 5.56 Å². The van der Waals surface area contributed by atoms with E-state index in [2.05, 4.69) is 10.9 Å². The molecular weight excluding hydrogens is 370 g/mol. The second kappa shape index (κ2) is 8.71. The summed E-state index contributed by atoms with van der Waals surface area (Å²) in [5.74, 6) is 0. The number of nitrogens with one attached hydrogen (secondary N) is 2. The van der Waals surface area contributed by atoms with Crippen molar-refractivity contribution in [3.8, 4) is 0 Å². The Kier molecular flexibility index (Phi) is 6.12. The van der Waals surface area contributed by atoms with Crippen molar-refractivity contribution in [2.45, 2.75) is 16.3 Å². The number of benzene rings is 3. The number of hydrogen-bond acceptors (Lipinski definition) is 5. The molecule has 0 aliphatic heterocycles. The highest BCUT2D eigenvalue weighted by Gasteiger charge is 2.12.